The lowest BCUT2D eigenvalue weighted by Crippen LogP contribution is -2.52. The number of hydrogen-bond acceptors (Lipinski definition) is 6. The van der Waals surface area contributed by atoms with E-state index in [1.165, 1.54) is 23.7 Å². The summed E-state index contributed by atoms with van der Waals surface area (Å²) in [5.41, 5.74) is 1.33. The van der Waals surface area contributed by atoms with Gasteiger partial charge in [0.2, 0.25) is 11.8 Å². The molecule has 0 heterocycles. The maximum Gasteiger partial charge on any atom is 0.264 e. The van der Waals surface area contributed by atoms with Gasteiger partial charge in [-0.3, -0.25) is 13.9 Å². The molecule has 10 heteroatoms. The minimum Gasteiger partial charge on any atom is -0.494 e. The van der Waals surface area contributed by atoms with Crippen LogP contribution in [-0.4, -0.2) is 64.2 Å². The third kappa shape index (κ3) is 7.79. The van der Waals surface area contributed by atoms with Crippen molar-refractivity contribution in [1.82, 2.24) is 10.2 Å². The van der Waals surface area contributed by atoms with Gasteiger partial charge < -0.3 is 15.0 Å². The zero-order chi connectivity index (χ0) is 29.1. The summed E-state index contributed by atoms with van der Waals surface area (Å²) < 4.78 is 34.5. The number of ether oxygens (including phenoxy) is 1. The Morgan fingerprint density at radius 1 is 0.950 bits per heavy atom. The molecule has 3 aromatic carbocycles. The average molecular weight is 584 g/mol. The topological polar surface area (TPSA) is 96.0 Å². The van der Waals surface area contributed by atoms with Crippen LogP contribution in [0.3, 0.4) is 0 Å². The highest BCUT2D eigenvalue weighted by Gasteiger charge is 2.33. The van der Waals surface area contributed by atoms with Crippen LogP contribution in [0.25, 0.3) is 0 Å². The molecular weight excluding hydrogens is 546 g/mol. The summed E-state index contributed by atoms with van der Waals surface area (Å²) in [5, 5.41) is 2.64. The molecule has 1 atom stereocenters. The summed E-state index contributed by atoms with van der Waals surface area (Å²) in [6.07, 6.45) is 2.81. The van der Waals surface area contributed by atoms with E-state index in [1.54, 1.807) is 48.5 Å². The van der Waals surface area contributed by atoms with E-state index in [0.717, 1.165) is 14.8 Å². The van der Waals surface area contributed by atoms with E-state index >= 15 is 0 Å². The highest BCUT2D eigenvalue weighted by Crippen LogP contribution is 2.28. The van der Waals surface area contributed by atoms with Gasteiger partial charge in [0, 0.05) is 18.5 Å². The van der Waals surface area contributed by atoms with Gasteiger partial charge in [-0.15, -0.1) is 11.8 Å². The average Bonchev–Trinajstić information content (AvgIpc) is 2.98. The van der Waals surface area contributed by atoms with Crippen molar-refractivity contribution < 1.29 is 22.7 Å². The highest BCUT2D eigenvalue weighted by atomic mass is 32.2. The lowest BCUT2D eigenvalue weighted by Gasteiger charge is -2.33. The number of benzene rings is 3. The third-order valence-corrected chi connectivity index (χ3v) is 9.01. The first-order valence-electron chi connectivity index (χ1n) is 13.2. The first kappa shape index (κ1) is 31.0. The Hall–Kier alpha value is -3.50. The van der Waals surface area contributed by atoms with Gasteiger partial charge in [-0.1, -0.05) is 37.3 Å². The summed E-state index contributed by atoms with van der Waals surface area (Å²) in [4.78, 5) is 29.2. The second-order valence-electron chi connectivity index (χ2n) is 8.98. The summed E-state index contributed by atoms with van der Waals surface area (Å²) in [7, 11) is -2.60. The van der Waals surface area contributed by atoms with Gasteiger partial charge in [-0.05, 0) is 80.1 Å². The predicted molar refractivity (Wildman–Crippen MR) is 160 cm³/mol. The van der Waals surface area contributed by atoms with Gasteiger partial charge >= 0.3 is 0 Å². The summed E-state index contributed by atoms with van der Waals surface area (Å²) in [6.45, 7) is 3.95. The van der Waals surface area contributed by atoms with Gasteiger partial charge in [-0.2, -0.15) is 0 Å². The SMILES string of the molecule is CCOc1ccc(N(CC(=O)N(CCc2ccccc2)C(CC)C(=O)NC)S(=O)(=O)c2ccc(SC)cc2)cc1. The molecule has 0 aromatic heterocycles. The molecule has 214 valence electrons. The molecule has 0 fully saturated rings. The Bertz CT molecular complexity index is 1350. The third-order valence-electron chi connectivity index (χ3n) is 6.48. The molecule has 1 N–H and O–H groups in total. The van der Waals surface area contributed by atoms with Crippen molar-refractivity contribution in [1.29, 1.82) is 0 Å². The lowest BCUT2D eigenvalue weighted by atomic mass is 10.1. The maximum absolute atomic E-state index is 13.9. The molecule has 0 saturated heterocycles. The number of hydrogen-bond donors (Lipinski definition) is 1. The van der Waals surface area contributed by atoms with Crippen LogP contribution in [0.4, 0.5) is 5.69 Å². The fourth-order valence-electron chi connectivity index (χ4n) is 4.34. The molecule has 1 unspecified atom stereocenters. The number of carbonyl (C=O) groups excluding carboxylic acids is 2. The van der Waals surface area contributed by atoms with Gasteiger partial charge in [0.15, 0.2) is 0 Å². The Morgan fingerprint density at radius 3 is 2.15 bits per heavy atom. The predicted octanol–water partition coefficient (Wildman–Crippen LogP) is 4.60. The first-order chi connectivity index (χ1) is 19.2. The molecule has 40 heavy (non-hydrogen) atoms. The molecule has 8 nitrogen and oxygen atoms in total. The molecule has 0 spiro atoms. The fraction of sp³-hybridized carbons (Fsp3) is 0.333. The summed E-state index contributed by atoms with van der Waals surface area (Å²) >= 11 is 1.51. The number of likely N-dealkylation sites (N-methyl/N-ethyl adjacent to an activating group) is 1. The second-order valence-corrected chi connectivity index (χ2v) is 11.7. The molecule has 0 aliphatic rings. The van der Waals surface area contributed by atoms with Crippen molar-refractivity contribution in [3.05, 3.63) is 84.4 Å². The van der Waals surface area contributed by atoms with E-state index in [4.69, 9.17) is 4.74 Å². The van der Waals surface area contributed by atoms with Gasteiger partial charge in [0.05, 0.1) is 17.2 Å². The maximum atomic E-state index is 13.9. The van der Waals surface area contributed by atoms with Crippen LogP contribution in [0, 0.1) is 0 Å². The fourth-order valence-corrected chi connectivity index (χ4v) is 6.16. The normalized spacial score (nSPS) is 11.9. The molecule has 0 aliphatic carbocycles. The Balaban J connectivity index is 2.01. The largest absolute Gasteiger partial charge is 0.494 e. The zero-order valence-electron chi connectivity index (χ0n) is 23.4. The first-order valence-corrected chi connectivity index (χ1v) is 15.9. The molecule has 0 saturated carbocycles. The van der Waals surface area contributed by atoms with Crippen molar-refractivity contribution in [3.63, 3.8) is 0 Å². The summed E-state index contributed by atoms with van der Waals surface area (Å²) in [6, 6.07) is 22.1. The van der Waals surface area contributed by atoms with Crippen LogP contribution in [0.1, 0.15) is 25.8 Å². The van der Waals surface area contributed by atoms with Crippen LogP contribution in [0.2, 0.25) is 0 Å². The highest BCUT2D eigenvalue weighted by molar-refractivity contribution is 7.98. The number of sulfonamides is 1. The number of nitrogens with zero attached hydrogens (tertiary/aromatic N) is 2. The lowest BCUT2D eigenvalue weighted by molar-refractivity contribution is -0.139. The van der Waals surface area contributed by atoms with Crippen LogP contribution >= 0.6 is 11.8 Å². The molecule has 0 radical (unpaired) electrons. The van der Waals surface area contributed by atoms with Gasteiger partial charge in [-0.25, -0.2) is 8.42 Å². The van der Waals surface area contributed by atoms with Crippen molar-refractivity contribution >= 4 is 39.3 Å². The number of thioether (sulfide) groups is 1. The monoisotopic (exact) mass is 583 g/mol. The second kappa shape index (κ2) is 14.8. The van der Waals surface area contributed by atoms with Crippen molar-refractivity contribution in [3.8, 4) is 5.75 Å². The van der Waals surface area contributed by atoms with Gasteiger partial charge in [0.25, 0.3) is 10.0 Å². The molecule has 0 bridgehead atoms. The number of rotatable bonds is 14. The van der Waals surface area contributed by atoms with Crippen LogP contribution in [-0.2, 0) is 26.0 Å². The van der Waals surface area contributed by atoms with E-state index < -0.39 is 28.5 Å². The minimum absolute atomic E-state index is 0.0705. The Morgan fingerprint density at radius 2 is 1.60 bits per heavy atom. The molecule has 0 aliphatic heterocycles. The number of carbonyl (C=O) groups is 2. The van der Waals surface area contributed by atoms with Crippen molar-refractivity contribution in [2.75, 3.05) is 37.3 Å². The van der Waals surface area contributed by atoms with Crippen LogP contribution in [0.5, 0.6) is 5.75 Å². The van der Waals surface area contributed by atoms with E-state index in [1.807, 2.05) is 50.4 Å². The number of amides is 2. The number of anilines is 1. The van der Waals surface area contributed by atoms with Crippen LogP contribution in [0.15, 0.2) is 88.7 Å². The Kier molecular flexibility index (Phi) is 11.5. The smallest absolute Gasteiger partial charge is 0.264 e. The van der Waals surface area contributed by atoms with Crippen molar-refractivity contribution in [2.45, 2.75) is 42.5 Å². The summed E-state index contributed by atoms with van der Waals surface area (Å²) in [5.74, 6) is -0.175. The molecule has 2 amide bonds. The van der Waals surface area contributed by atoms with E-state index in [2.05, 4.69) is 5.32 Å². The van der Waals surface area contributed by atoms with E-state index in [-0.39, 0.29) is 17.3 Å². The molecule has 3 rings (SSSR count). The minimum atomic E-state index is -4.12. The zero-order valence-corrected chi connectivity index (χ0v) is 25.0. The number of nitrogens with one attached hydrogen (secondary N) is 1. The molecular formula is C30H37N3O5S2. The quantitative estimate of drug-likeness (QED) is 0.279. The Labute approximate surface area is 241 Å². The van der Waals surface area contributed by atoms with Gasteiger partial charge in [0.1, 0.15) is 18.3 Å². The standard InChI is InChI=1S/C30H37N3O5S2/c1-5-28(30(35)31-3)32(21-20-23-10-8-7-9-11-23)29(34)22-33(24-12-14-25(15-13-24)38-6-2)40(36,37)27-18-16-26(39-4)17-19-27/h7-19,28H,5-6,20-22H2,1-4H3,(H,31,35). The van der Waals surface area contributed by atoms with Crippen LogP contribution < -0.4 is 14.4 Å². The van der Waals surface area contributed by atoms with Crippen molar-refractivity contribution in [2.24, 2.45) is 0 Å². The molecule has 3 aromatic rings. The van der Waals surface area contributed by atoms with E-state index in [9.17, 15) is 18.0 Å². The van der Waals surface area contributed by atoms with E-state index in [0.29, 0.717) is 30.9 Å².